The molecule has 2 aliphatic rings. The van der Waals surface area contributed by atoms with E-state index in [9.17, 15) is 4.79 Å². The van der Waals surface area contributed by atoms with Crippen LogP contribution in [0.5, 0.6) is 0 Å². The minimum Gasteiger partial charge on any atom is -0.444 e. The fraction of sp³-hybridized carbons (Fsp3) is 0.643. The van der Waals surface area contributed by atoms with E-state index in [-0.39, 0.29) is 11.2 Å². The van der Waals surface area contributed by atoms with Crippen molar-refractivity contribution in [3.8, 4) is 0 Å². The molecule has 109 valence electrons. The molecule has 1 aliphatic heterocycles. The highest BCUT2D eigenvalue weighted by Gasteiger charge is 2.41. The van der Waals surface area contributed by atoms with Crippen LogP contribution in [0.25, 0.3) is 0 Å². The fourth-order valence-electron chi connectivity index (χ4n) is 2.33. The standard InChI is InChI=1S/C14H21BNO4/c1-13(2,3)19-12(17)16-10-14(7-5-4-6-8-14)11-9-18-20-15-11/h4-7,11H,8-10H2,1-3H3,(H,16,17). The molecule has 1 heterocycles. The molecule has 0 saturated carbocycles. The number of ether oxygens (including phenoxy) is 1. The van der Waals surface area contributed by atoms with Crippen molar-refractivity contribution in [3.63, 3.8) is 0 Å². The first-order valence-corrected chi connectivity index (χ1v) is 6.84. The Kier molecular flexibility index (Phi) is 4.55. The van der Waals surface area contributed by atoms with Crippen LogP contribution in [0.1, 0.15) is 27.2 Å². The summed E-state index contributed by atoms with van der Waals surface area (Å²) in [4.78, 5) is 21.7. The van der Waals surface area contributed by atoms with Gasteiger partial charge in [0, 0.05) is 17.8 Å². The molecule has 5 nitrogen and oxygen atoms in total. The molecule has 1 aliphatic carbocycles. The molecular formula is C14H21BNO4. The van der Waals surface area contributed by atoms with Gasteiger partial charge in [-0.2, -0.15) is 0 Å². The van der Waals surface area contributed by atoms with Crippen LogP contribution in [-0.4, -0.2) is 32.3 Å². The Bertz CT molecular complexity index is 410. The van der Waals surface area contributed by atoms with E-state index >= 15 is 0 Å². The first kappa shape index (κ1) is 15.1. The van der Waals surface area contributed by atoms with Gasteiger partial charge in [0.05, 0.1) is 6.61 Å². The third-order valence-corrected chi connectivity index (χ3v) is 3.41. The van der Waals surface area contributed by atoms with Crippen LogP contribution in [0.4, 0.5) is 4.79 Å². The van der Waals surface area contributed by atoms with E-state index in [0.29, 0.717) is 13.2 Å². The summed E-state index contributed by atoms with van der Waals surface area (Å²) in [5.74, 6) is 0.110. The topological polar surface area (TPSA) is 56.8 Å². The van der Waals surface area contributed by atoms with Crippen LogP contribution >= 0.6 is 0 Å². The van der Waals surface area contributed by atoms with Gasteiger partial charge >= 0.3 is 13.6 Å². The Morgan fingerprint density at radius 3 is 2.85 bits per heavy atom. The van der Waals surface area contributed by atoms with E-state index in [1.165, 1.54) is 0 Å². The van der Waals surface area contributed by atoms with Gasteiger partial charge in [-0.1, -0.05) is 24.3 Å². The first-order valence-electron chi connectivity index (χ1n) is 6.84. The highest BCUT2D eigenvalue weighted by atomic mass is 17.2. The summed E-state index contributed by atoms with van der Waals surface area (Å²) in [7, 11) is 1.69. The molecule has 1 radical (unpaired) electrons. The molecule has 20 heavy (non-hydrogen) atoms. The maximum absolute atomic E-state index is 11.8. The van der Waals surface area contributed by atoms with Crippen LogP contribution in [0.2, 0.25) is 5.82 Å². The lowest BCUT2D eigenvalue weighted by Gasteiger charge is -2.35. The zero-order valence-electron chi connectivity index (χ0n) is 12.2. The third kappa shape index (κ3) is 3.87. The van der Waals surface area contributed by atoms with Gasteiger partial charge in [0.15, 0.2) is 0 Å². The second-order valence-electron chi connectivity index (χ2n) is 6.20. The summed E-state index contributed by atoms with van der Waals surface area (Å²) >= 11 is 0. The second kappa shape index (κ2) is 6.02. The molecule has 2 rings (SSSR count). The van der Waals surface area contributed by atoms with Crippen molar-refractivity contribution in [1.29, 1.82) is 0 Å². The summed E-state index contributed by atoms with van der Waals surface area (Å²) in [6, 6.07) is 0. The average molecular weight is 278 g/mol. The van der Waals surface area contributed by atoms with Crippen LogP contribution < -0.4 is 5.32 Å². The number of carbonyl (C=O) groups excluding carboxylic acids is 1. The summed E-state index contributed by atoms with van der Waals surface area (Å²) in [5, 5.41) is 2.85. The van der Waals surface area contributed by atoms with Crippen molar-refractivity contribution in [2.75, 3.05) is 13.2 Å². The number of carbonyl (C=O) groups is 1. The predicted octanol–water partition coefficient (Wildman–Crippen LogP) is 2.38. The summed E-state index contributed by atoms with van der Waals surface area (Å²) in [6.45, 7) is 6.51. The summed E-state index contributed by atoms with van der Waals surface area (Å²) < 4.78 is 5.27. The van der Waals surface area contributed by atoms with Gasteiger partial charge in [0.25, 0.3) is 0 Å². The number of rotatable bonds is 3. The Hall–Kier alpha value is -1.27. The monoisotopic (exact) mass is 278 g/mol. The Morgan fingerprint density at radius 2 is 2.30 bits per heavy atom. The lowest BCUT2D eigenvalue weighted by atomic mass is 9.60. The van der Waals surface area contributed by atoms with Crippen molar-refractivity contribution in [2.24, 2.45) is 5.41 Å². The predicted molar refractivity (Wildman–Crippen MR) is 76.1 cm³/mol. The van der Waals surface area contributed by atoms with E-state index in [1.54, 1.807) is 7.48 Å². The molecule has 0 aromatic carbocycles. The molecule has 1 N–H and O–H groups in total. The molecule has 2 atom stereocenters. The summed E-state index contributed by atoms with van der Waals surface area (Å²) in [5.41, 5.74) is -0.715. The van der Waals surface area contributed by atoms with E-state index in [4.69, 9.17) is 14.4 Å². The normalized spacial score (nSPS) is 29.1. The SMILES string of the molecule is CC(C)(C)OC(=O)NCC1(C2[B]OOC2)C=CC=CC1. The van der Waals surface area contributed by atoms with Gasteiger partial charge in [0.1, 0.15) is 5.60 Å². The lowest BCUT2D eigenvalue weighted by Crippen LogP contribution is -2.43. The minimum atomic E-state index is -0.495. The maximum atomic E-state index is 11.8. The van der Waals surface area contributed by atoms with Gasteiger partial charge in [-0.15, -0.1) is 0 Å². The number of amides is 1. The Labute approximate surface area is 120 Å². The van der Waals surface area contributed by atoms with E-state index in [1.807, 2.05) is 32.9 Å². The summed E-state index contributed by atoms with van der Waals surface area (Å²) in [6.07, 6.45) is 8.61. The number of allylic oxidation sites excluding steroid dienone is 3. The fourth-order valence-corrected chi connectivity index (χ4v) is 2.33. The van der Waals surface area contributed by atoms with Gasteiger partial charge in [-0.25, -0.2) is 4.79 Å². The Morgan fingerprint density at radius 1 is 1.50 bits per heavy atom. The van der Waals surface area contributed by atoms with E-state index in [0.717, 1.165) is 6.42 Å². The van der Waals surface area contributed by atoms with Crippen LogP contribution in [0.3, 0.4) is 0 Å². The zero-order valence-corrected chi connectivity index (χ0v) is 12.2. The van der Waals surface area contributed by atoms with Gasteiger partial charge in [-0.3, -0.25) is 4.89 Å². The number of hydrogen-bond donors (Lipinski definition) is 1. The van der Waals surface area contributed by atoms with Crippen molar-refractivity contribution in [2.45, 2.75) is 38.6 Å². The highest BCUT2D eigenvalue weighted by Crippen LogP contribution is 2.41. The largest absolute Gasteiger partial charge is 0.444 e. The zero-order chi connectivity index (χ0) is 14.6. The smallest absolute Gasteiger partial charge is 0.407 e. The average Bonchev–Trinajstić information content (AvgIpc) is 2.90. The van der Waals surface area contributed by atoms with E-state index in [2.05, 4.69) is 17.5 Å². The quantitative estimate of drug-likeness (QED) is 0.636. The number of hydrogen-bond acceptors (Lipinski definition) is 4. The van der Waals surface area contributed by atoms with Crippen molar-refractivity contribution < 1.29 is 19.2 Å². The lowest BCUT2D eigenvalue weighted by molar-refractivity contribution is -0.184. The van der Waals surface area contributed by atoms with Crippen molar-refractivity contribution in [1.82, 2.24) is 5.32 Å². The molecule has 6 heteroatoms. The van der Waals surface area contributed by atoms with Crippen LogP contribution in [-0.2, 0) is 14.4 Å². The van der Waals surface area contributed by atoms with E-state index < -0.39 is 11.7 Å². The minimum absolute atomic E-state index is 0.110. The molecule has 0 spiro atoms. The van der Waals surface area contributed by atoms with Crippen molar-refractivity contribution >= 4 is 13.6 Å². The second-order valence-corrected chi connectivity index (χ2v) is 6.20. The molecular weight excluding hydrogens is 257 g/mol. The van der Waals surface area contributed by atoms with Crippen LogP contribution in [0, 0.1) is 5.41 Å². The molecule has 1 fully saturated rings. The highest BCUT2D eigenvalue weighted by molar-refractivity contribution is 6.30. The molecule has 1 amide bonds. The van der Waals surface area contributed by atoms with Crippen LogP contribution in [0.15, 0.2) is 24.3 Å². The Balaban J connectivity index is 1.97. The van der Waals surface area contributed by atoms with Gasteiger partial charge < -0.3 is 14.9 Å². The number of alkyl carbamates (subject to hydrolysis) is 1. The van der Waals surface area contributed by atoms with Gasteiger partial charge in [0.2, 0.25) is 0 Å². The van der Waals surface area contributed by atoms with Crippen molar-refractivity contribution in [3.05, 3.63) is 24.3 Å². The molecule has 1 saturated heterocycles. The molecule has 0 bridgehead atoms. The molecule has 0 aromatic rings. The maximum Gasteiger partial charge on any atom is 0.407 e. The van der Waals surface area contributed by atoms with Gasteiger partial charge in [-0.05, 0) is 27.2 Å². The third-order valence-electron chi connectivity index (χ3n) is 3.41. The molecule has 2 unspecified atom stereocenters. The first-order chi connectivity index (χ1) is 9.41. The molecule has 0 aromatic heterocycles. The number of nitrogens with one attached hydrogen (secondary N) is 1.